The first-order chi connectivity index (χ1) is 8.69. The van der Waals surface area contributed by atoms with E-state index >= 15 is 0 Å². The Morgan fingerprint density at radius 2 is 2.39 bits per heavy atom. The van der Waals surface area contributed by atoms with Crippen LogP contribution < -0.4 is 5.32 Å². The summed E-state index contributed by atoms with van der Waals surface area (Å²) in [6.07, 6.45) is 1.98. The molecule has 1 unspecified atom stereocenters. The molecule has 0 bridgehead atoms. The van der Waals surface area contributed by atoms with E-state index in [2.05, 4.69) is 15.2 Å². The minimum absolute atomic E-state index is 0.239. The quantitative estimate of drug-likeness (QED) is 0.858. The number of rotatable bonds is 4. The second-order valence-corrected chi connectivity index (χ2v) is 5.18. The van der Waals surface area contributed by atoms with E-state index in [-0.39, 0.29) is 6.10 Å². The maximum absolute atomic E-state index is 6.15. The van der Waals surface area contributed by atoms with Gasteiger partial charge in [0.25, 0.3) is 0 Å². The number of morpholine rings is 1. The fourth-order valence-electron chi connectivity index (χ4n) is 2.07. The molecule has 1 saturated heterocycles. The molecule has 0 aliphatic carbocycles. The van der Waals surface area contributed by atoms with Gasteiger partial charge in [0.05, 0.1) is 12.7 Å². The number of hydrogen-bond donors (Lipinski definition) is 1. The van der Waals surface area contributed by atoms with E-state index in [4.69, 9.17) is 27.9 Å². The van der Waals surface area contributed by atoms with Crippen molar-refractivity contribution in [1.29, 1.82) is 0 Å². The van der Waals surface area contributed by atoms with Crippen molar-refractivity contribution < 1.29 is 4.74 Å². The van der Waals surface area contributed by atoms with E-state index in [9.17, 15) is 0 Å². The number of hydrogen-bond acceptors (Lipinski definition) is 4. The van der Waals surface area contributed by atoms with Crippen molar-refractivity contribution in [3.05, 3.63) is 28.0 Å². The first kappa shape index (κ1) is 14.0. The normalized spacial score (nSPS) is 21.2. The first-order valence-corrected chi connectivity index (χ1v) is 6.73. The summed E-state index contributed by atoms with van der Waals surface area (Å²) in [6.45, 7) is 4.22. The zero-order chi connectivity index (χ0) is 13.0. The standard InChI is InChI=1S/C12H17Cl2N3O/c1-15-6-10-8-17(2-3-18-10)7-9-5-16-12(14)4-11(9)13/h4-5,10,15H,2-3,6-8H2,1H3. The highest BCUT2D eigenvalue weighted by Crippen LogP contribution is 2.21. The Morgan fingerprint density at radius 3 is 3.11 bits per heavy atom. The topological polar surface area (TPSA) is 37.4 Å². The highest BCUT2D eigenvalue weighted by Gasteiger charge is 2.20. The van der Waals surface area contributed by atoms with Crippen molar-refractivity contribution in [1.82, 2.24) is 15.2 Å². The molecule has 6 heteroatoms. The van der Waals surface area contributed by atoms with Crippen LogP contribution in [0.1, 0.15) is 5.56 Å². The second-order valence-electron chi connectivity index (χ2n) is 4.38. The van der Waals surface area contributed by atoms with Crippen LogP contribution in [0.4, 0.5) is 0 Å². The predicted octanol–water partition coefficient (Wildman–Crippen LogP) is 1.81. The predicted molar refractivity (Wildman–Crippen MR) is 73.2 cm³/mol. The van der Waals surface area contributed by atoms with Gasteiger partial charge in [0.2, 0.25) is 0 Å². The van der Waals surface area contributed by atoms with Gasteiger partial charge in [0.15, 0.2) is 0 Å². The molecule has 1 aliphatic heterocycles. The molecule has 1 aromatic rings. The summed E-state index contributed by atoms with van der Waals surface area (Å²) in [5, 5.41) is 4.24. The SMILES string of the molecule is CNCC1CN(Cc2cnc(Cl)cc2Cl)CCO1. The number of likely N-dealkylation sites (N-methyl/N-ethyl adjacent to an activating group) is 1. The summed E-state index contributed by atoms with van der Waals surface area (Å²) in [4.78, 5) is 6.39. The molecule has 1 aromatic heterocycles. The van der Waals surface area contributed by atoms with Crippen LogP contribution in [0.15, 0.2) is 12.3 Å². The van der Waals surface area contributed by atoms with Crippen molar-refractivity contribution in [2.24, 2.45) is 0 Å². The van der Waals surface area contributed by atoms with Gasteiger partial charge in [-0.05, 0) is 13.1 Å². The van der Waals surface area contributed by atoms with E-state index in [1.807, 2.05) is 7.05 Å². The summed E-state index contributed by atoms with van der Waals surface area (Å²) in [6, 6.07) is 1.68. The molecule has 1 atom stereocenters. The number of aromatic nitrogens is 1. The highest BCUT2D eigenvalue weighted by atomic mass is 35.5. The summed E-state index contributed by atoms with van der Waals surface area (Å²) in [7, 11) is 1.93. The molecule has 0 aromatic carbocycles. The molecule has 1 N–H and O–H groups in total. The maximum Gasteiger partial charge on any atom is 0.130 e. The summed E-state index contributed by atoms with van der Waals surface area (Å²) in [5.74, 6) is 0. The largest absolute Gasteiger partial charge is 0.374 e. The van der Waals surface area contributed by atoms with E-state index < -0.39 is 0 Å². The number of pyridine rings is 1. The van der Waals surface area contributed by atoms with E-state index in [0.29, 0.717) is 10.2 Å². The van der Waals surface area contributed by atoms with Crippen molar-refractivity contribution >= 4 is 23.2 Å². The molecule has 100 valence electrons. The lowest BCUT2D eigenvalue weighted by Gasteiger charge is -2.32. The van der Waals surface area contributed by atoms with Crippen LogP contribution in [0.3, 0.4) is 0 Å². The van der Waals surface area contributed by atoms with Crippen molar-refractivity contribution in [2.75, 3.05) is 33.3 Å². The van der Waals surface area contributed by atoms with Gasteiger partial charge in [-0.2, -0.15) is 0 Å². The van der Waals surface area contributed by atoms with E-state index in [1.165, 1.54) is 0 Å². The lowest BCUT2D eigenvalue weighted by molar-refractivity contribution is -0.0291. The monoisotopic (exact) mass is 289 g/mol. The smallest absolute Gasteiger partial charge is 0.130 e. The molecule has 0 radical (unpaired) electrons. The first-order valence-electron chi connectivity index (χ1n) is 5.97. The van der Waals surface area contributed by atoms with Gasteiger partial charge in [0.1, 0.15) is 5.15 Å². The van der Waals surface area contributed by atoms with Gasteiger partial charge in [-0.15, -0.1) is 0 Å². The number of nitrogens with one attached hydrogen (secondary N) is 1. The fraction of sp³-hybridized carbons (Fsp3) is 0.583. The van der Waals surface area contributed by atoms with Gasteiger partial charge in [0, 0.05) is 43.0 Å². The zero-order valence-corrected chi connectivity index (χ0v) is 11.8. The third-order valence-electron chi connectivity index (χ3n) is 2.94. The minimum atomic E-state index is 0.239. The Kier molecular flexibility index (Phi) is 5.21. The Morgan fingerprint density at radius 1 is 1.56 bits per heavy atom. The van der Waals surface area contributed by atoms with Crippen LogP contribution in [0, 0.1) is 0 Å². The third-order valence-corrected chi connectivity index (χ3v) is 3.50. The fourth-order valence-corrected chi connectivity index (χ4v) is 2.49. The van der Waals surface area contributed by atoms with Crippen LogP contribution >= 0.6 is 23.2 Å². The third kappa shape index (κ3) is 3.80. The molecule has 18 heavy (non-hydrogen) atoms. The van der Waals surface area contributed by atoms with Crippen molar-refractivity contribution in [2.45, 2.75) is 12.6 Å². The molecule has 2 heterocycles. The maximum atomic E-state index is 6.15. The van der Waals surface area contributed by atoms with Crippen molar-refractivity contribution in [3.8, 4) is 0 Å². The van der Waals surface area contributed by atoms with E-state index in [1.54, 1.807) is 12.3 Å². The minimum Gasteiger partial charge on any atom is -0.374 e. The molecule has 0 spiro atoms. The average Bonchev–Trinajstić information content (AvgIpc) is 2.34. The molecule has 2 rings (SSSR count). The lowest BCUT2D eigenvalue weighted by atomic mass is 10.2. The molecule has 1 fully saturated rings. The number of ether oxygens (including phenoxy) is 1. The molecular weight excluding hydrogens is 273 g/mol. The summed E-state index contributed by atoms with van der Waals surface area (Å²) in [5.41, 5.74) is 1.01. The Balaban J connectivity index is 1.96. The number of nitrogens with zero attached hydrogens (tertiary/aromatic N) is 2. The molecule has 1 aliphatic rings. The highest BCUT2D eigenvalue weighted by molar-refractivity contribution is 6.34. The van der Waals surface area contributed by atoms with Crippen LogP contribution in [0.25, 0.3) is 0 Å². The Bertz CT molecular complexity index is 401. The van der Waals surface area contributed by atoms with Gasteiger partial charge < -0.3 is 10.1 Å². The molecule has 0 amide bonds. The van der Waals surface area contributed by atoms with E-state index in [0.717, 1.165) is 38.3 Å². The van der Waals surface area contributed by atoms with Crippen LogP contribution in [-0.4, -0.2) is 49.3 Å². The zero-order valence-electron chi connectivity index (χ0n) is 10.3. The molecule has 4 nitrogen and oxygen atoms in total. The molecular formula is C12H17Cl2N3O. The molecule has 0 saturated carbocycles. The van der Waals surface area contributed by atoms with Crippen LogP contribution in [0.5, 0.6) is 0 Å². The summed E-state index contributed by atoms with van der Waals surface area (Å²) >= 11 is 11.9. The second kappa shape index (κ2) is 6.68. The number of halogens is 2. The van der Waals surface area contributed by atoms with Gasteiger partial charge in [-0.3, -0.25) is 4.90 Å². The summed E-state index contributed by atoms with van der Waals surface area (Å²) < 4.78 is 5.66. The van der Waals surface area contributed by atoms with Crippen LogP contribution in [0.2, 0.25) is 10.2 Å². The van der Waals surface area contributed by atoms with Crippen LogP contribution in [-0.2, 0) is 11.3 Å². The van der Waals surface area contributed by atoms with Gasteiger partial charge in [-0.25, -0.2) is 4.98 Å². The Hall–Kier alpha value is -0.390. The van der Waals surface area contributed by atoms with Gasteiger partial charge in [-0.1, -0.05) is 23.2 Å². The lowest BCUT2D eigenvalue weighted by Crippen LogP contribution is -2.45. The average molecular weight is 290 g/mol. The van der Waals surface area contributed by atoms with Crippen molar-refractivity contribution in [3.63, 3.8) is 0 Å². The Labute approximate surface area is 117 Å². The van der Waals surface area contributed by atoms with Gasteiger partial charge >= 0.3 is 0 Å².